The molecule has 4 saturated carbocycles. The second-order valence-electron chi connectivity index (χ2n) is 23.8. The Kier molecular flexibility index (Phi) is 9.80. The number of hydrogen-bond acceptors (Lipinski definition) is 1. The zero-order chi connectivity index (χ0) is 51.9. The molecular formula is C78H59N. The Hall–Kier alpha value is -8.78. The maximum absolute atomic E-state index is 2.63. The highest BCUT2D eigenvalue weighted by atomic mass is 15.1. The average molecular weight is 1010 g/mol. The second-order valence-corrected chi connectivity index (χ2v) is 23.8. The number of nitrogens with zero attached hydrogens (tertiary/aromatic N) is 1. The molecule has 79 heavy (non-hydrogen) atoms. The van der Waals surface area contributed by atoms with E-state index in [1.165, 1.54) is 127 Å². The van der Waals surface area contributed by atoms with Crippen molar-refractivity contribution < 1.29 is 0 Å². The lowest BCUT2D eigenvalue weighted by atomic mass is 9.43. The minimum Gasteiger partial charge on any atom is -0.310 e. The number of rotatable bonds is 8. The van der Waals surface area contributed by atoms with Crippen molar-refractivity contribution in [3.8, 4) is 44.5 Å². The van der Waals surface area contributed by atoms with E-state index in [0.717, 1.165) is 23.2 Å². The van der Waals surface area contributed by atoms with E-state index in [-0.39, 0.29) is 5.41 Å². The molecule has 0 radical (unpaired) electrons. The molecule has 0 heterocycles. The maximum atomic E-state index is 2.63. The van der Waals surface area contributed by atoms with E-state index >= 15 is 0 Å². The molecule has 0 N–H and O–H groups in total. The third kappa shape index (κ3) is 6.06. The Bertz CT molecular complexity index is 3920. The molecule has 0 amide bonds. The molecular weight excluding hydrogens is 951 g/mol. The molecule has 4 bridgehead atoms. The van der Waals surface area contributed by atoms with Crippen LogP contribution in [0.4, 0.5) is 17.1 Å². The summed E-state index contributed by atoms with van der Waals surface area (Å²) in [7, 11) is 0. The monoisotopic (exact) mass is 1010 g/mol. The third-order valence-electron chi connectivity index (χ3n) is 20.4. The molecule has 1 heteroatoms. The standard InChI is InChI=1S/C78H59N/c1-5-22-53(23-6-1)76(54-24-7-2-8-25-54)68-35-17-13-30-61(68)63-42-40-59(49-72(63)76)79(60-41-43-64-62-31-14-18-36-69(62)77(73(64)50-60,55-26-9-3-10-27-55)56-28-11-4-12-29-56)74-39-20-16-32-65(74)66-34-21-38-71-75(66)67-33-15-19-37-70(67)78(71)57-45-51-44-52(47-57)48-58(78)46-51/h1-43,49-52,57-58H,44-48H2. The molecule has 0 saturated heterocycles. The van der Waals surface area contributed by atoms with Crippen molar-refractivity contribution >= 4 is 17.1 Å². The number of hydrogen-bond donors (Lipinski definition) is 0. The fraction of sp³-hybridized carbons (Fsp3) is 0.154. The van der Waals surface area contributed by atoms with Gasteiger partial charge < -0.3 is 4.90 Å². The number of anilines is 3. The summed E-state index contributed by atoms with van der Waals surface area (Å²) in [5, 5.41) is 0. The fourth-order valence-electron chi connectivity index (χ4n) is 17.9. The van der Waals surface area contributed by atoms with Gasteiger partial charge in [-0.3, -0.25) is 0 Å². The van der Waals surface area contributed by atoms with Gasteiger partial charge in [0.05, 0.1) is 16.5 Å². The van der Waals surface area contributed by atoms with Crippen molar-refractivity contribution in [2.45, 2.75) is 48.3 Å². The van der Waals surface area contributed by atoms with Crippen LogP contribution in [0.5, 0.6) is 0 Å². The van der Waals surface area contributed by atoms with Crippen molar-refractivity contribution in [2.24, 2.45) is 23.7 Å². The summed E-state index contributed by atoms with van der Waals surface area (Å²) in [5.41, 5.74) is 26.4. The lowest BCUT2D eigenvalue weighted by Crippen LogP contribution is -2.55. The molecule has 11 aromatic carbocycles. The molecule has 18 rings (SSSR count). The summed E-state index contributed by atoms with van der Waals surface area (Å²) < 4.78 is 0. The third-order valence-corrected chi connectivity index (χ3v) is 20.4. The molecule has 0 aliphatic heterocycles. The highest BCUT2D eigenvalue weighted by Crippen LogP contribution is 2.70. The van der Waals surface area contributed by atoms with Crippen LogP contribution in [-0.4, -0.2) is 0 Å². The minimum atomic E-state index is -0.568. The first kappa shape index (κ1) is 45.3. The first-order valence-electron chi connectivity index (χ1n) is 29.0. The quantitative estimate of drug-likeness (QED) is 0.147. The summed E-state index contributed by atoms with van der Waals surface area (Å²) in [4.78, 5) is 2.63. The lowest BCUT2D eigenvalue weighted by molar-refractivity contribution is -0.0399. The van der Waals surface area contributed by atoms with Gasteiger partial charge in [-0.1, -0.05) is 243 Å². The van der Waals surface area contributed by atoms with Crippen LogP contribution in [0.3, 0.4) is 0 Å². The molecule has 11 aromatic rings. The van der Waals surface area contributed by atoms with Gasteiger partial charge in [-0.25, -0.2) is 0 Å². The summed E-state index contributed by atoms with van der Waals surface area (Å²) in [6, 6.07) is 105. The van der Waals surface area contributed by atoms with Crippen LogP contribution in [0.15, 0.2) is 273 Å². The Labute approximate surface area is 464 Å². The van der Waals surface area contributed by atoms with E-state index in [0.29, 0.717) is 11.8 Å². The smallest absolute Gasteiger partial charge is 0.0714 e. The molecule has 7 aliphatic carbocycles. The van der Waals surface area contributed by atoms with E-state index in [4.69, 9.17) is 0 Å². The van der Waals surface area contributed by atoms with Crippen molar-refractivity contribution in [3.63, 3.8) is 0 Å². The van der Waals surface area contributed by atoms with Crippen molar-refractivity contribution in [1.29, 1.82) is 0 Å². The highest BCUT2D eigenvalue weighted by Gasteiger charge is 2.62. The molecule has 376 valence electrons. The van der Waals surface area contributed by atoms with Crippen LogP contribution in [0.1, 0.15) is 87.7 Å². The van der Waals surface area contributed by atoms with Crippen LogP contribution in [0.25, 0.3) is 44.5 Å². The number of fused-ring (bicyclic) bond motifs is 9. The first-order valence-corrected chi connectivity index (χ1v) is 29.0. The van der Waals surface area contributed by atoms with Crippen molar-refractivity contribution in [2.75, 3.05) is 4.90 Å². The summed E-state index contributed by atoms with van der Waals surface area (Å²) in [6.45, 7) is 0. The highest BCUT2D eigenvalue weighted by molar-refractivity contribution is 6.00. The van der Waals surface area contributed by atoms with Crippen molar-refractivity contribution in [1.82, 2.24) is 0 Å². The molecule has 4 fully saturated rings. The number of para-hydroxylation sites is 1. The van der Waals surface area contributed by atoms with Gasteiger partial charge in [-0.15, -0.1) is 0 Å². The van der Waals surface area contributed by atoms with E-state index in [1.54, 1.807) is 11.1 Å². The summed E-state index contributed by atoms with van der Waals surface area (Å²) >= 11 is 0. The Morgan fingerprint density at radius 1 is 0.266 bits per heavy atom. The second kappa shape index (κ2) is 17.1. The summed E-state index contributed by atoms with van der Waals surface area (Å²) in [5.74, 6) is 3.13. The van der Waals surface area contributed by atoms with Crippen LogP contribution in [-0.2, 0) is 16.2 Å². The van der Waals surface area contributed by atoms with Gasteiger partial charge in [0, 0.05) is 22.4 Å². The zero-order valence-corrected chi connectivity index (χ0v) is 44.3. The number of benzene rings is 11. The van der Waals surface area contributed by atoms with E-state index in [9.17, 15) is 0 Å². The van der Waals surface area contributed by atoms with Gasteiger partial charge in [0.1, 0.15) is 0 Å². The molecule has 0 aromatic heterocycles. The predicted molar refractivity (Wildman–Crippen MR) is 324 cm³/mol. The molecule has 1 spiro atoms. The lowest BCUT2D eigenvalue weighted by Gasteiger charge is -2.61. The van der Waals surface area contributed by atoms with E-state index in [1.807, 2.05) is 0 Å². The zero-order valence-electron chi connectivity index (χ0n) is 44.3. The van der Waals surface area contributed by atoms with E-state index in [2.05, 4.69) is 278 Å². The molecule has 7 aliphatic rings. The van der Waals surface area contributed by atoms with Gasteiger partial charge in [-0.2, -0.15) is 0 Å². The van der Waals surface area contributed by atoms with Crippen LogP contribution in [0.2, 0.25) is 0 Å². The molecule has 1 nitrogen and oxygen atoms in total. The molecule has 0 atom stereocenters. The van der Waals surface area contributed by atoms with Gasteiger partial charge in [0.25, 0.3) is 0 Å². The normalized spacial score (nSPS) is 21.4. The van der Waals surface area contributed by atoms with Crippen LogP contribution < -0.4 is 4.90 Å². The summed E-state index contributed by atoms with van der Waals surface area (Å²) in [6.07, 6.45) is 6.89. The fourth-order valence-corrected chi connectivity index (χ4v) is 17.9. The topological polar surface area (TPSA) is 3.24 Å². The Morgan fingerprint density at radius 3 is 1.11 bits per heavy atom. The van der Waals surface area contributed by atoms with Crippen LogP contribution >= 0.6 is 0 Å². The van der Waals surface area contributed by atoms with Gasteiger partial charge in [0.2, 0.25) is 0 Å². The maximum Gasteiger partial charge on any atom is 0.0714 e. The minimum absolute atomic E-state index is 0.0599. The van der Waals surface area contributed by atoms with E-state index < -0.39 is 10.8 Å². The van der Waals surface area contributed by atoms with Gasteiger partial charge in [-0.05, 0) is 181 Å². The Balaban J connectivity index is 0.950. The van der Waals surface area contributed by atoms with Gasteiger partial charge in [0.15, 0.2) is 0 Å². The Morgan fingerprint density at radius 2 is 0.633 bits per heavy atom. The van der Waals surface area contributed by atoms with Crippen LogP contribution in [0, 0.1) is 23.7 Å². The predicted octanol–water partition coefficient (Wildman–Crippen LogP) is 19.3. The first-order chi connectivity index (χ1) is 39.2. The average Bonchev–Trinajstić information content (AvgIpc) is 3.94. The van der Waals surface area contributed by atoms with Gasteiger partial charge >= 0.3 is 0 Å². The molecule has 0 unspecified atom stereocenters. The SMILES string of the molecule is c1ccc(C2(c3ccccc3)c3ccccc3-c3ccc(N(c4ccc5c(c4)C(c4ccccc4)(c4ccccc4)c4ccccc4-5)c4ccccc4-c4cccc5c4-c4ccccc4C54C5CC6CC(C5)CC4C6)cc32)cc1. The largest absolute Gasteiger partial charge is 0.310 e. The van der Waals surface area contributed by atoms with Crippen molar-refractivity contribution in [3.05, 3.63) is 329 Å².